The highest BCUT2D eigenvalue weighted by atomic mass is 32.1. The molecule has 160 valence electrons. The maximum absolute atomic E-state index is 11.6. The van der Waals surface area contributed by atoms with Gasteiger partial charge in [0.2, 0.25) is 0 Å². The van der Waals surface area contributed by atoms with E-state index in [9.17, 15) is 4.79 Å². The van der Waals surface area contributed by atoms with Gasteiger partial charge in [0.05, 0.1) is 24.9 Å². The number of thiocarbonyl (C=S) groups is 1. The zero-order valence-electron chi connectivity index (χ0n) is 17.5. The van der Waals surface area contributed by atoms with Crippen molar-refractivity contribution in [3.05, 3.63) is 54.1 Å². The lowest BCUT2D eigenvalue weighted by atomic mass is 9.95. The Morgan fingerprint density at radius 3 is 2.83 bits per heavy atom. The number of rotatable bonds is 7. The summed E-state index contributed by atoms with van der Waals surface area (Å²) in [6.45, 7) is 0.698. The van der Waals surface area contributed by atoms with Crippen LogP contribution in [0.4, 0.5) is 0 Å². The normalized spacial score (nSPS) is 22.2. The van der Waals surface area contributed by atoms with Crippen LogP contribution >= 0.6 is 12.2 Å². The Hall–Kier alpha value is -2.41. The quantitative estimate of drug-likeness (QED) is 0.526. The van der Waals surface area contributed by atoms with Crippen molar-refractivity contribution >= 4 is 23.3 Å². The fraction of sp³-hybridized carbons (Fsp3) is 0.522. The maximum atomic E-state index is 11.6. The van der Waals surface area contributed by atoms with E-state index in [-0.39, 0.29) is 18.1 Å². The van der Waals surface area contributed by atoms with Crippen LogP contribution in [0.5, 0.6) is 0 Å². The zero-order valence-corrected chi connectivity index (χ0v) is 18.3. The summed E-state index contributed by atoms with van der Waals surface area (Å²) in [4.78, 5) is 18.4. The van der Waals surface area contributed by atoms with E-state index in [0.717, 1.165) is 5.69 Å². The van der Waals surface area contributed by atoms with Crippen LogP contribution < -0.4 is 5.32 Å². The van der Waals surface area contributed by atoms with Gasteiger partial charge in [0.25, 0.3) is 0 Å². The van der Waals surface area contributed by atoms with E-state index in [1.807, 2.05) is 24.4 Å². The molecule has 1 aliphatic carbocycles. The molecule has 2 aliphatic rings. The number of hydrogen-bond acceptors (Lipinski definition) is 4. The summed E-state index contributed by atoms with van der Waals surface area (Å²) in [6.07, 6.45) is 13.9. The minimum Gasteiger partial charge on any atom is -0.469 e. The first-order valence-corrected chi connectivity index (χ1v) is 11.3. The van der Waals surface area contributed by atoms with Crippen LogP contribution in [-0.4, -0.2) is 39.2 Å². The van der Waals surface area contributed by atoms with Crippen molar-refractivity contribution in [2.45, 2.75) is 63.1 Å². The molecular weight excluding hydrogens is 396 g/mol. The van der Waals surface area contributed by atoms with Gasteiger partial charge in [0, 0.05) is 37.6 Å². The zero-order chi connectivity index (χ0) is 20.9. The highest BCUT2D eigenvalue weighted by Gasteiger charge is 2.40. The summed E-state index contributed by atoms with van der Waals surface area (Å²) in [5.41, 5.74) is 2.22. The molecule has 1 aliphatic heterocycles. The van der Waals surface area contributed by atoms with Gasteiger partial charge in [0.1, 0.15) is 0 Å². The molecule has 0 radical (unpaired) electrons. The molecule has 0 amide bonds. The molecule has 1 N–H and O–H groups in total. The number of ether oxygens (including phenoxy) is 1. The number of carbonyl (C=O) groups is 1. The maximum Gasteiger partial charge on any atom is 0.305 e. The second-order valence-electron chi connectivity index (χ2n) is 8.18. The molecule has 2 aromatic rings. The molecular formula is C23H30N4O2S. The van der Waals surface area contributed by atoms with E-state index in [2.05, 4.69) is 38.2 Å². The third-order valence-electron chi connectivity index (χ3n) is 6.28. The average Bonchev–Trinajstić information content (AvgIpc) is 3.40. The third-order valence-corrected chi connectivity index (χ3v) is 6.63. The molecule has 2 atom stereocenters. The van der Waals surface area contributed by atoms with E-state index in [0.29, 0.717) is 30.5 Å². The number of pyridine rings is 1. The molecule has 0 spiro atoms. The minimum atomic E-state index is -0.186. The fourth-order valence-electron chi connectivity index (χ4n) is 4.72. The van der Waals surface area contributed by atoms with Crippen LogP contribution in [0.3, 0.4) is 0 Å². The number of aromatic nitrogens is 2. The van der Waals surface area contributed by atoms with Crippen LogP contribution in [0.2, 0.25) is 0 Å². The van der Waals surface area contributed by atoms with Crippen molar-refractivity contribution in [1.29, 1.82) is 0 Å². The highest BCUT2D eigenvalue weighted by Crippen LogP contribution is 2.39. The average molecular weight is 427 g/mol. The van der Waals surface area contributed by atoms with Crippen LogP contribution in [-0.2, 0) is 9.53 Å². The molecule has 7 heteroatoms. The standard InChI is InChI=1S/C23H30N4O2S/c1-29-20(28)11-7-14-27-22(21(25-23(27)30)19-10-5-6-13-24-19)17-12-15-26(16-17)18-8-3-2-4-9-18/h5-6,10,12-13,15-16,18,21-22H,2-4,7-9,11,14H2,1H3,(H,25,30)/t21-,22+/m0/s1. The summed E-state index contributed by atoms with van der Waals surface area (Å²) in [5.74, 6) is -0.186. The van der Waals surface area contributed by atoms with E-state index in [1.165, 1.54) is 44.8 Å². The van der Waals surface area contributed by atoms with Gasteiger partial charge in [-0.1, -0.05) is 25.3 Å². The van der Waals surface area contributed by atoms with Crippen molar-refractivity contribution < 1.29 is 9.53 Å². The molecule has 4 rings (SSSR count). The molecule has 1 saturated carbocycles. The molecule has 6 nitrogen and oxygen atoms in total. The number of nitrogens with one attached hydrogen (secondary N) is 1. The lowest BCUT2D eigenvalue weighted by molar-refractivity contribution is -0.140. The Morgan fingerprint density at radius 1 is 1.27 bits per heavy atom. The van der Waals surface area contributed by atoms with Gasteiger partial charge in [-0.2, -0.15) is 0 Å². The van der Waals surface area contributed by atoms with Gasteiger partial charge >= 0.3 is 5.97 Å². The summed E-state index contributed by atoms with van der Waals surface area (Å²) in [7, 11) is 1.43. The lowest BCUT2D eigenvalue weighted by Crippen LogP contribution is -2.30. The summed E-state index contributed by atoms with van der Waals surface area (Å²) < 4.78 is 7.18. The van der Waals surface area contributed by atoms with Crippen molar-refractivity contribution in [3.8, 4) is 0 Å². The second kappa shape index (κ2) is 9.60. The Kier molecular flexibility index (Phi) is 6.67. The largest absolute Gasteiger partial charge is 0.469 e. The number of esters is 1. The van der Waals surface area contributed by atoms with Crippen LogP contribution in [0.25, 0.3) is 0 Å². The van der Waals surface area contributed by atoms with Crippen LogP contribution in [0, 0.1) is 0 Å². The van der Waals surface area contributed by atoms with Gasteiger partial charge in [-0.05, 0) is 55.2 Å². The van der Waals surface area contributed by atoms with E-state index >= 15 is 0 Å². The summed E-state index contributed by atoms with van der Waals surface area (Å²) in [5, 5.41) is 4.19. The number of carbonyl (C=O) groups excluding carboxylic acids is 1. The molecule has 0 bridgehead atoms. The molecule has 0 aromatic carbocycles. The van der Waals surface area contributed by atoms with Crippen LogP contribution in [0.1, 0.15) is 74.3 Å². The number of hydrogen-bond donors (Lipinski definition) is 1. The highest BCUT2D eigenvalue weighted by molar-refractivity contribution is 7.80. The predicted molar refractivity (Wildman–Crippen MR) is 120 cm³/mol. The molecule has 0 unspecified atom stereocenters. The Balaban J connectivity index is 1.59. The van der Waals surface area contributed by atoms with Gasteiger partial charge in [-0.3, -0.25) is 9.78 Å². The lowest BCUT2D eigenvalue weighted by Gasteiger charge is -2.27. The van der Waals surface area contributed by atoms with Crippen molar-refractivity contribution in [2.24, 2.45) is 0 Å². The first-order chi connectivity index (χ1) is 14.7. The van der Waals surface area contributed by atoms with Gasteiger partial charge in [-0.25, -0.2) is 0 Å². The third kappa shape index (κ3) is 4.51. The molecule has 1 saturated heterocycles. The monoisotopic (exact) mass is 426 g/mol. The minimum absolute atomic E-state index is 0.0148. The SMILES string of the molecule is COC(=O)CCCN1C(=S)N[C@@H](c2ccccn2)[C@H]1c1ccn(C2CCCCC2)c1. The van der Waals surface area contributed by atoms with E-state index in [4.69, 9.17) is 17.0 Å². The predicted octanol–water partition coefficient (Wildman–Crippen LogP) is 4.31. The van der Waals surface area contributed by atoms with Crippen molar-refractivity contribution in [1.82, 2.24) is 19.8 Å². The van der Waals surface area contributed by atoms with Crippen molar-refractivity contribution in [3.63, 3.8) is 0 Å². The molecule has 3 heterocycles. The Bertz CT molecular complexity index is 863. The number of methoxy groups -OCH3 is 1. The van der Waals surface area contributed by atoms with Gasteiger partial charge in [-0.15, -0.1) is 0 Å². The first-order valence-electron chi connectivity index (χ1n) is 10.9. The summed E-state index contributed by atoms with van der Waals surface area (Å²) in [6, 6.07) is 8.84. The molecule has 2 aromatic heterocycles. The first kappa shape index (κ1) is 20.8. The fourth-order valence-corrected chi connectivity index (χ4v) is 5.05. The smallest absolute Gasteiger partial charge is 0.305 e. The number of nitrogens with zero attached hydrogens (tertiary/aromatic N) is 3. The van der Waals surface area contributed by atoms with Gasteiger partial charge in [0.15, 0.2) is 5.11 Å². The molecule has 30 heavy (non-hydrogen) atoms. The van der Waals surface area contributed by atoms with E-state index < -0.39 is 0 Å². The van der Waals surface area contributed by atoms with Gasteiger partial charge < -0.3 is 19.5 Å². The second-order valence-corrected chi connectivity index (χ2v) is 8.57. The topological polar surface area (TPSA) is 59.4 Å². The van der Waals surface area contributed by atoms with Crippen molar-refractivity contribution in [2.75, 3.05) is 13.7 Å². The van der Waals surface area contributed by atoms with Crippen LogP contribution in [0.15, 0.2) is 42.9 Å². The Labute approximate surface area is 183 Å². The molecule has 2 fully saturated rings. The Morgan fingerprint density at radius 2 is 2.10 bits per heavy atom. The summed E-state index contributed by atoms with van der Waals surface area (Å²) >= 11 is 5.70. The van der Waals surface area contributed by atoms with E-state index in [1.54, 1.807) is 0 Å².